The van der Waals surface area contributed by atoms with Crippen molar-refractivity contribution in [3.8, 4) is 17.7 Å². The van der Waals surface area contributed by atoms with Crippen molar-refractivity contribution in [1.29, 1.82) is 5.26 Å². The minimum Gasteiger partial charge on any atom is -0.430 e. The number of hydrogen-bond acceptors (Lipinski definition) is 5. The number of rotatable bonds is 3. The Morgan fingerprint density at radius 1 is 1.45 bits per heavy atom. The summed E-state index contributed by atoms with van der Waals surface area (Å²) in [5.41, 5.74) is -0.163. The first-order chi connectivity index (χ1) is 9.51. The van der Waals surface area contributed by atoms with Crippen LogP contribution in [0.15, 0.2) is 34.9 Å². The van der Waals surface area contributed by atoms with E-state index in [2.05, 4.69) is 20.9 Å². The van der Waals surface area contributed by atoms with E-state index in [0.29, 0.717) is 4.47 Å². The summed E-state index contributed by atoms with van der Waals surface area (Å²) in [4.78, 5) is 14.3. The number of nitrogens with zero attached hydrogens (tertiary/aromatic N) is 3. The van der Waals surface area contributed by atoms with Crippen molar-refractivity contribution in [3.63, 3.8) is 0 Å². The van der Waals surface area contributed by atoms with Crippen LogP contribution in [0.25, 0.3) is 0 Å². The van der Waals surface area contributed by atoms with E-state index in [-0.39, 0.29) is 27.9 Å². The van der Waals surface area contributed by atoms with Crippen LogP contribution in [0.4, 0.5) is 5.69 Å². The molecule has 20 heavy (non-hydrogen) atoms. The van der Waals surface area contributed by atoms with Crippen molar-refractivity contribution in [3.05, 3.63) is 55.6 Å². The molecule has 0 fully saturated rings. The fourth-order valence-corrected chi connectivity index (χ4v) is 2.07. The van der Waals surface area contributed by atoms with Gasteiger partial charge in [0, 0.05) is 16.7 Å². The summed E-state index contributed by atoms with van der Waals surface area (Å²) >= 11 is 9.12. The third kappa shape index (κ3) is 3.04. The first-order valence-corrected chi connectivity index (χ1v) is 6.36. The van der Waals surface area contributed by atoms with E-state index in [4.69, 9.17) is 21.6 Å². The standard InChI is InChI=1S/C12H5BrClN3O3/c13-8-4-9(14)12(16-6-8)20-11-2-1-7(5-15)3-10(11)17(18)19/h1-4,6H. The summed E-state index contributed by atoms with van der Waals surface area (Å²) in [5.74, 6) is 0.00777. The summed E-state index contributed by atoms with van der Waals surface area (Å²) in [6.45, 7) is 0. The van der Waals surface area contributed by atoms with Gasteiger partial charge in [0.25, 0.3) is 0 Å². The molecule has 0 aliphatic carbocycles. The lowest BCUT2D eigenvalue weighted by Crippen LogP contribution is -1.96. The maximum absolute atomic E-state index is 11.0. The Kier molecular flexibility index (Phi) is 4.17. The molecule has 0 radical (unpaired) electrons. The second-order valence-electron chi connectivity index (χ2n) is 3.59. The quantitative estimate of drug-likeness (QED) is 0.612. The third-order valence-electron chi connectivity index (χ3n) is 2.27. The molecule has 0 atom stereocenters. The van der Waals surface area contributed by atoms with Crippen molar-refractivity contribution >= 4 is 33.2 Å². The van der Waals surface area contributed by atoms with E-state index in [0.717, 1.165) is 6.07 Å². The lowest BCUT2D eigenvalue weighted by Gasteiger charge is -2.07. The maximum atomic E-state index is 11.0. The van der Waals surface area contributed by atoms with Crippen molar-refractivity contribution in [2.24, 2.45) is 0 Å². The molecular formula is C12H5BrClN3O3. The van der Waals surface area contributed by atoms with Crippen molar-refractivity contribution < 1.29 is 9.66 Å². The van der Waals surface area contributed by atoms with Crippen LogP contribution in [0, 0.1) is 21.4 Å². The number of hydrogen-bond donors (Lipinski definition) is 0. The van der Waals surface area contributed by atoms with Gasteiger partial charge in [0.15, 0.2) is 0 Å². The summed E-state index contributed by atoms with van der Waals surface area (Å²) in [6, 6.07) is 7.25. The van der Waals surface area contributed by atoms with Gasteiger partial charge in [0.2, 0.25) is 11.6 Å². The molecule has 0 bridgehead atoms. The van der Waals surface area contributed by atoms with Gasteiger partial charge in [-0.05, 0) is 34.1 Å². The van der Waals surface area contributed by atoms with Crippen LogP contribution in [0.1, 0.15) is 5.56 Å². The summed E-state index contributed by atoms with van der Waals surface area (Å²) < 4.78 is 6.00. The number of ether oxygens (including phenoxy) is 1. The second kappa shape index (κ2) is 5.86. The molecule has 1 aromatic carbocycles. The molecule has 0 aliphatic heterocycles. The zero-order chi connectivity index (χ0) is 14.7. The van der Waals surface area contributed by atoms with Gasteiger partial charge in [-0.3, -0.25) is 10.1 Å². The Hall–Kier alpha value is -2.17. The van der Waals surface area contributed by atoms with Gasteiger partial charge in [-0.1, -0.05) is 11.6 Å². The van der Waals surface area contributed by atoms with Crippen LogP contribution in [0.3, 0.4) is 0 Å². The van der Waals surface area contributed by atoms with Gasteiger partial charge >= 0.3 is 5.69 Å². The Balaban J connectivity index is 2.43. The number of nitro benzene ring substituents is 1. The molecule has 0 spiro atoms. The first kappa shape index (κ1) is 14.2. The molecule has 6 nitrogen and oxygen atoms in total. The van der Waals surface area contributed by atoms with Crippen LogP contribution in [-0.2, 0) is 0 Å². The molecule has 8 heteroatoms. The van der Waals surface area contributed by atoms with Crippen LogP contribution < -0.4 is 4.74 Å². The molecule has 2 aromatic rings. The summed E-state index contributed by atoms with van der Waals surface area (Å²) in [6.07, 6.45) is 1.46. The van der Waals surface area contributed by atoms with E-state index in [1.54, 1.807) is 6.07 Å². The molecule has 0 amide bonds. The second-order valence-corrected chi connectivity index (χ2v) is 4.92. The topological polar surface area (TPSA) is 89.0 Å². The molecule has 0 aliphatic rings. The highest BCUT2D eigenvalue weighted by molar-refractivity contribution is 9.10. The monoisotopic (exact) mass is 353 g/mol. The molecule has 0 saturated carbocycles. The van der Waals surface area contributed by atoms with E-state index < -0.39 is 4.92 Å². The van der Waals surface area contributed by atoms with Crippen LogP contribution >= 0.6 is 27.5 Å². The Morgan fingerprint density at radius 2 is 2.20 bits per heavy atom. The van der Waals surface area contributed by atoms with Gasteiger partial charge < -0.3 is 4.74 Å². The highest BCUT2D eigenvalue weighted by Gasteiger charge is 2.18. The Bertz CT molecular complexity index is 730. The molecule has 1 heterocycles. The third-order valence-corrected chi connectivity index (χ3v) is 2.97. The van der Waals surface area contributed by atoms with E-state index in [9.17, 15) is 10.1 Å². The number of halogens is 2. The van der Waals surface area contributed by atoms with E-state index >= 15 is 0 Å². The maximum Gasteiger partial charge on any atom is 0.312 e. The molecule has 2 rings (SSSR count). The predicted octanol–water partition coefficient (Wildman–Crippen LogP) is 4.07. The predicted molar refractivity (Wildman–Crippen MR) is 74.8 cm³/mol. The van der Waals surface area contributed by atoms with E-state index in [1.165, 1.54) is 18.3 Å². The van der Waals surface area contributed by atoms with Gasteiger partial charge in [-0.15, -0.1) is 0 Å². The summed E-state index contributed by atoms with van der Waals surface area (Å²) in [7, 11) is 0. The lowest BCUT2D eigenvalue weighted by atomic mass is 10.2. The Morgan fingerprint density at radius 3 is 2.80 bits per heavy atom. The SMILES string of the molecule is N#Cc1ccc(Oc2ncc(Br)cc2Cl)c([N+](=O)[O-])c1. The average molecular weight is 355 g/mol. The highest BCUT2D eigenvalue weighted by atomic mass is 79.9. The van der Waals surface area contributed by atoms with Crippen molar-refractivity contribution in [1.82, 2.24) is 4.98 Å². The first-order valence-electron chi connectivity index (χ1n) is 5.18. The molecule has 0 N–H and O–H groups in total. The lowest BCUT2D eigenvalue weighted by molar-refractivity contribution is -0.385. The minimum absolute atomic E-state index is 0.0364. The van der Waals surface area contributed by atoms with Gasteiger partial charge in [0.05, 0.1) is 16.6 Å². The van der Waals surface area contributed by atoms with E-state index in [1.807, 2.05) is 6.07 Å². The van der Waals surface area contributed by atoms with Gasteiger partial charge in [0.1, 0.15) is 5.02 Å². The number of aromatic nitrogens is 1. The number of pyridine rings is 1. The highest BCUT2D eigenvalue weighted by Crippen LogP contribution is 2.34. The van der Waals surface area contributed by atoms with Crippen LogP contribution in [0.5, 0.6) is 11.6 Å². The molecule has 0 saturated heterocycles. The molecule has 100 valence electrons. The van der Waals surface area contributed by atoms with Crippen molar-refractivity contribution in [2.75, 3.05) is 0 Å². The summed E-state index contributed by atoms with van der Waals surface area (Å²) in [5, 5.41) is 19.9. The van der Waals surface area contributed by atoms with Crippen LogP contribution in [-0.4, -0.2) is 9.91 Å². The fourth-order valence-electron chi connectivity index (χ4n) is 1.40. The zero-order valence-electron chi connectivity index (χ0n) is 9.71. The zero-order valence-corrected chi connectivity index (χ0v) is 12.1. The van der Waals surface area contributed by atoms with Gasteiger partial charge in [-0.2, -0.15) is 5.26 Å². The van der Waals surface area contributed by atoms with Crippen molar-refractivity contribution in [2.45, 2.75) is 0 Å². The number of nitro groups is 1. The van der Waals surface area contributed by atoms with Gasteiger partial charge in [-0.25, -0.2) is 4.98 Å². The normalized spacial score (nSPS) is 9.85. The smallest absolute Gasteiger partial charge is 0.312 e. The minimum atomic E-state index is -0.636. The van der Waals surface area contributed by atoms with Crippen LogP contribution in [0.2, 0.25) is 5.02 Å². The number of benzene rings is 1. The molecular weight excluding hydrogens is 350 g/mol. The Labute approximate surface area is 126 Å². The number of nitriles is 1. The average Bonchev–Trinajstić information content (AvgIpc) is 2.42. The molecule has 0 unspecified atom stereocenters. The largest absolute Gasteiger partial charge is 0.430 e. The fraction of sp³-hybridized carbons (Fsp3) is 0. The molecule has 1 aromatic heterocycles.